The standard InChI is InChI=1S/C15H26N4O/c1-2-3-4-5-12(10-18-11-20)8-14-13(9-16)6-7-19-15(14)17/h6-7,11-12H,2-5,8-10,16H2,1H3,(H2,17,19)(H,18,20)/t12-/m0/s1. The van der Waals surface area contributed by atoms with Gasteiger partial charge in [-0.15, -0.1) is 0 Å². The first kappa shape index (κ1) is 16.4. The molecule has 1 atom stereocenters. The molecule has 0 unspecified atom stereocenters. The highest BCUT2D eigenvalue weighted by Gasteiger charge is 2.14. The van der Waals surface area contributed by atoms with Crippen LogP contribution in [-0.2, 0) is 17.8 Å². The molecule has 1 amide bonds. The van der Waals surface area contributed by atoms with Gasteiger partial charge in [-0.25, -0.2) is 4.98 Å². The van der Waals surface area contributed by atoms with Crippen molar-refractivity contribution in [1.82, 2.24) is 10.3 Å². The Balaban J connectivity index is 2.74. The number of carbonyl (C=O) groups is 1. The Bertz CT molecular complexity index is 409. The van der Waals surface area contributed by atoms with Gasteiger partial charge < -0.3 is 16.8 Å². The zero-order valence-corrected chi connectivity index (χ0v) is 12.3. The summed E-state index contributed by atoms with van der Waals surface area (Å²) in [7, 11) is 0. The van der Waals surface area contributed by atoms with Crippen LogP contribution in [0.15, 0.2) is 12.3 Å². The topological polar surface area (TPSA) is 94.0 Å². The summed E-state index contributed by atoms with van der Waals surface area (Å²) < 4.78 is 0. The van der Waals surface area contributed by atoms with Crippen LogP contribution in [0.5, 0.6) is 0 Å². The molecule has 0 saturated heterocycles. The molecule has 0 bridgehead atoms. The maximum Gasteiger partial charge on any atom is 0.207 e. The maximum atomic E-state index is 10.5. The quantitative estimate of drug-likeness (QED) is 0.447. The van der Waals surface area contributed by atoms with Gasteiger partial charge in [-0.05, 0) is 36.0 Å². The van der Waals surface area contributed by atoms with Crippen molar-refractivity contribution in [2.45, 2.75) is 45.6 Å². The van der Waals surface area contributed by atoms with E-state index in [0.717, 1.165) is 30.4 Å². The number of nitrogen functional groups attached to an aromatic ring is 1. The molecule has 0 saturated carbocycles. The van der Waals surface area contributed by atoms with Gasteiger partial charge in [0.2, 0.25) is 6.41 Å². The lowest BCUT2D eigenvalue weighted by atomic mass is 9.91. The lowest BCUT2D eigenvalue weighted by Crippen LogP contribution is -2.24. The first-order chi connectivity index (χ1) is 9.72. The summed E-state index contributed by atoms with van der Waals surface area (Å²) in [5.74, 6) is 0.933. The van der Waals surface area contributed by atoms with Crippen LogP contribution in [0.2, 0.25) is 0 Å². The molecule has 0 aliphatic carbocycles. The van der Waals surface area contributed by atoms with E-state index >= 15 is 0 Å². The maximum absolute atomic E-state index is 10.5. The predicted molar refractivity (Wildman–Crippen MR) is 81.9 cm³/mol. The Hall–Kier alpha value is -1.62. The normalized spacial score (nSPS) is 12.1. The van der Waals surface area contributed by atoms with Crippen molar-refractivity contribution in [1.29, 1.82) is 0 Å². The van der Waals surface area contributed by atoms with Crippen molar-refractivity contribution in [3.63, 3.8) is 0 Å². The summed E-state index contributed by atoms with van der Waals surface area (Å²) >= 11 is 0. The fourth-order valence-electron chi connectivity index (χ4n) is 2.44. The number of pyridine rings is 1. The molecule has 0 radical (unpaired) electrons. The predicted octanol–water partition coefficient (Wildman–Crippen LogP) is 1.61. The van der Waals surface area contributed by atoms with Crippen molar-refractivity contribution in [2.24, 2.45) is 11.7 Å². The molecular formula is C15H26N4O. The van der Waals surface area contributed by atoms with Gasteiger partial charge in [-0.3, -0.25) is 4.79 Å². The van der Waals surface area contributed by atoms with E-state index in [4.69, 9.17) is 11.5 Å². The van der Waals surface area contributed by atoms with Gasteiger partial charge in [0.1, 0.15) is 5.82 Å². The smallest absolute Gasteiger partial charge is 0.207 e. The summed E-state index contributed by atoms with van der Waals surface area (Å²) in [4.78, 5) is 14.7. The number of anilines is 1. The van der Waals surface area contributed by atoms with Crippen molar-refractivity contribution in [3.05, 3.63) is 23.4 Å². The van der Waals surface area contributed by atoms with Crippen LogP contribution in [0.4, 0.5) is 5.82 Å². The fourth-order valence-corrected chi connectivity index (χ4v) is 2.44. The monoisotopic (exact) mass is 278 g/mol. The molecule has 1 rings (SSSR count). The SMILES string of the molecule is CCCCC[C@H](CNC=O)Cc1c(CN)ccnc1N. The summed E-state index contributed by atoms with van der Waals surface area (Å²) in [6.07, 6.45) is 7.91. The molecule has 5 heteroatoms. The van der Waals surface area contributed by atoms with Crippen LogP contribution in [0, 0.1) is 5.92 Å². The molecule has 0 aliphatic rings. The van der Waals surface area contributed by atoms with E-state index in [9.17, 15) is 4.79 Å². The first-order valence-corrected chi connectivity index (χ1v) is 7.32. The van der Waals surface area contributed by atoms with Crippen molar-refractivity contribution >= 4 is 12.2 Å². The molecule has 0 aliphatic heterocycles. The Morgan fingerprint density at radius 2 is 2.25 bits per heavy atom. The van der Waals surface area contributed by atoms with Gasteiger partial charge in [-0.1, -0.05) is 26.2 Å². The van der Waals surface area contributed by atoms with Crippen LogP contribution >= 0.6 is 0 Å². The number of hydrogen-bond acceptors (Lipinski definition) is 4. The van der Waals surface area contributed by atoms with E-state index in [0.29, 0.717) is 24.8 Å². The zero-order chi connectivity index (χ0) is 14.8. The van der Waals surface area contributed by atoms with Crippen molar-refractivity contribution in [3.8, 4) is 0 Å². The highest BCUT2D eigenvalue weighted by atomic mass is 16.1. The first-order valence-electron chi connectivity index (χ1n) is 7.32. The molecule has 0 spiro atoms. The summed E-state index contributed by atoms with van der Waals surface area (Å²) in [5.41, 5.74) is 13.8. The molecule has 1 aromatic heterocycles. The van der Waals surface area contributed by atoms with Crippen LogP contribution < -0.4 is 16.8 Å². The average molecular weight is 278 g/mol. The Kier molecular flexibility index (Phi) is 7.65. The van der Waals surface area contributed by atoms with E-state index in [1.807, 2.05) is 6.07 Å². The summed E-state index contributed by atoms with van der Waals surface area (Å²) in [5, 5.41) is 2.78. The van der Waals surface area contributed by atoms with Gasteiger partial charge in [-0.2, -0.15) is 0 Å². The number of nitrogens with two attached hydrogens (primary N) is 2. The second-order valence-corrected chi connectivity index (χ2v) is 5.13. The number of carbonyl (C=O) groups excluding carboxylic acids is 1. The van der Waals surface area contributed by atoms with Crippen LogP contribution in [-0.4, -0.2) is 17.9 Å². The highest BCUT2D eigenvalue weighted by Crippen LogP contribution is 2.21. The van der Waals surface area contributed by atoms with Crippen LogP contribution in [0.25, 0.3) is 0 Å². The average Bonchev–Trinajstić information content (AvgIpc) is 2.46. The minimum Gasteiger partial charge on any atom is -0.383 e. The fraction of sp³-hybridized carbons (Fsp3) is 0.600. The van der Waals surface area contributed by atoms with E-state index in [2.05, 4.69) is 17.2 Å². The third kappa shape index (κ3) is 5.17. The number of aromatic nitrogens is 1. The van der Waals surface area contributed by atoms with Crippen molar-refractivity contribution in [2.75, 3.05) is 12.3 Å². The summed E-state index contributed by atoms with van der Waals surface area (Å²) in [6.45, 7) is 3.32. The van der Waals surface area contributed by atoms with E-state index in [1.54, 1.807) is 6.20 Å². The number of nitrogens with zero attached hydrogens (tertiary/aromatic N) is 1. The Morgan fingerprint density at radius 1 is 1.45 bits per heavy atom. The molecular weight excluding hydrogens is 252 g/mol. The van der Waals surface area contributed by atoms with E-state index in [1.165, 1.54) is 19.3 Å². The number of rotatable bonds is 10. The van der Waals surface area contributed by atoms with Gasteiger partial charge in [0.25, 0.3) is 0 Å². The number of nitrogens with one attached hydrogen (secondary N) is 1. The number of amides is 1. The molecule has 1 aromatic rings. The van der Waals surface area contributed by atoms with Gasteiger partial charge in [0.15, 0.2) is 0 Å². The Labute approximate surface area is 121 Å². The largest absolute Gasteiger partial charge is 0.383 e. The van der Waals surface area contributed by atoms with Crippen LogP contribution in [0.3, 0.4) is 0 Å². The second-order valence-electron chi connectivity index (χ2n) is 5.13. The third-order valence-electron chi connectivity index (χ3n) is 3.60. The number of hydrogen-bond donors (Lipinski definition) is 3. The third-order valence-corrected chi connectivity index (χ3v) is 3.60. The van der Waals surface area contributed by atoms with Crippen LogP contribution in [0.1, 0.15) is 43.7 Å². The summed E-state index contributed by atoms with van der Waals surface area (Å²) in [6, 6.07) is 1.92. The van der Waals surface area contributed by atoms with Gasteiger partial charge >= 0.3 is 0 Å². The molecule has 5 nitrogen and oxygen atoms in total. The Morgan fingerprint density at radius 3 is 2.90 bits per heavy atom. The molecule has 112 valence electrons. The van der Waals surface area contributed by atoms with E-state index in [-0.39, 0.29) is 0 Å². The minimum atomic E-state index is 0.378. The zero-order valence-electron chi connectivity index (χ0n) is 12.3. The molecule has 5 N–H and O–H groups in total. The minimum absolute atomic E-state index is 0.378. The lowest BCUT2D eigenvalue weighted by Gasteiger charge is -2.19. The highest BCUT2D eigenvalue weighted by molar-refractivity contribution is 5.46. The van der Waals surface area contributed by atoms with Crippen molar-refractivity contribution < 1.29 is 4.79 Å². The molecule has 0 fully saturated rings. The molecule has 20 heavy (non-hydrogen) atoms. The lowest BCUT2D eigenvalue weighted by molar-refractivity contribution is -0.109. The molecule has 1 heterocycles. The molecule has 0 aromatic carbocycles. The second kappa shape index (κ2) is 9.31. The van der Waals surface area contributed by atoms with E-state index < -0.39 is 0 Å². The van der Waals surface area contributed by atoms with Gasteiger partial charge in [0.05, 0.1) is 0 Å². The number of unbranched alkanes of at least 4 members (excludes halogenated alkanes) is 2. The van der Waals surface area contributed by atoms with Gasteiger partial charge in [0, 0.05) is 19.3 Å².